The summed E-state index contributed by atoms with van der Waals surface area (Å²) in [5.41, 5.74) is 10.7. The third-order valence-electron chi connectivity index (χ3n) is 5.60. The van der Waals surface area contributed by atoms with Gasteiger partial charge in [0.1, 0.15) is 12.1 Å². The van der Waals surface area contributed by atoms with Crippen molar-refractivity contribution in [1.82, 2.24) is 14.9 Å². The second-order valence-electron chi connectivity index (χ2n) is 7.41. The first-order valence-electron chi connectivity index (χ1n) is 9.67. The molecular weight excluding hydrogens is 374 g/mol. The molecule has 3 heterocycles. The molecular formula is C21H26ClN5O. The van der Waals surface area contributed by atoms with Crippen molar-refractivity contribution in [2.45, 2.75) is 32.1 Å². The Kier molecular flexibility index (Phi) is 5.53. The zero-order chi connectivity index (χ0) is 19.7. The molecule has 2 aliphatic heterocycles. The number of fused-ring (bicyclic) bond motifs is 1. The molecule has 6 nitrogen and oxygen atoms in total. The number of nitrogens with two attached hydrogens (primary N) is 1. The summed E-state index contributed by atoms with van der Waals surface area (Å²) in [6, 6.07) is 7.73. The fraction of sp³-hybridized carbons (Fsp3) is 0.429. The van der Waals surface area contributed by atoms with E-state index in [4.69, 9.17) is 22.1 Å². The molecule has 1 unspecified atom stereocenters. The van der Waals surface area contributed by atoms with Crippen LogP contribution in [0.5, 0.6) is 0 Å². The molecule has 0 saturated carbocycles. The molecule has 148 valence electrons. The molecule has 1 fully saturated rings. The lowest BCUT2D eigenvalue weighted by atomic mass is 10.0. The number of aromatic nitrogens is 2. The molecule has 0 spiro atoms. The summed E-state index contributed by atoms with van der Waals surface area (Å²) in [6.45, 7) is 10.4. The van der Waals surface area contributed by atoms with Gasteiger partial charge in [-0.15, -0.1) is 0 Å². The number of rotatable bonds is 5. The van der Waals surface area contributed by atoms with Crippen molar-refractivity contribution in [2.75, 3.05) is 31.1 Å². The maximum absolute atomic E-state index is 6.43. The minimum Gasteiger partial charge on any atom is -0.370 e. The minimum atomic E-state index is -0.107. The number of piperazine rings is 1. The topological polar surface area (TPSA) is 67.5 Å². The number of hydrogen-bond donors (Lipinski definition) is 1. The number of ether oxygens (including phenoxy) is 1. The first-order valence-corrected chi connectivity index (χ1v) is 10.0. The first-order chi connectivity index (χ1) is 13.5. The maximum atomic E-state index is 6.43. The lowest BCUT2D eigenvalue weighted by Crippen LogP contribution is -2.49. The van der Waals surface area contributed by atoms with Crippen LogP contribution in [0.25, 0.3) is 0 Å². The van der Waals surface area contributed by atoms with E-state index in [0.29, 0.717) is 6.61 Å². The van der Waals surface area contributed by atoms with Gasteiger partial charge >= 0.3 is 0 Å². The standard InChI is InChI=1S/C21H26ClN5O/c1-14(18(23)11-16-3-5-17(22)6-4-16)26-7-9-27(10-8-26)21-20-15(2)28-12-19(20)24-13-25-21/h3-6,13,15,18H,1,7-12,23H2,2H3/t15?,18-/m0/s1. The Labute approximate surface area is 171 Å². The van der Waals surface area contributed by atoms with Gasteiger partial charge in [-0.1, -0.05) is 30.3 Å². The van der Waals surface area contributed by atoms with Crippen molar-refractivity contribution in [1.29, 1.82) is 0 Å². The molecule has 4 rings (SSSR count). The van der Waals surface area contributed by atoms with Gasteiger partial charge in [0.25, 0.3) is 0 Å². The molecule has 2 N–H and O–H groups in total. The van der Waals surface area contributed by atoms with Crippen LogP contribution in [0, 0.1) is 0 Å². The number of anilines is 1. The molecule has 0 bridgehead atoms. The zero-order valence-electron chi connectivity index (χ0n) is 16.1. The van der Waals surface area contributed by atoms with Crippen molar-refractivity contribution in [3.63, 3.8) is 0 Å². The highest BCUT2D eigenvalue weighted by Crippen LogP contribution is 2.35. The van der Waals surface area contributed by atoms with Crippen LogP contribution in [0.2, 0.25) is 5.02 Å². The second kappa shape index (κ2) is 8.07. The fourth-order valence-corrected chi connectivity index (χ4v) is 4.05. The van der Waals surface area contributed by atoms with Gasteiger partial charge in [0, 0.05) is 48.5 Å². The molecule has 0 aliphatic carbocycles. The number of nitrogens with zero attached hydrogens (tertiary/aromatic N) is 4. The van der Waals surface area contributed by atoms with Crippen molar-refractivity contribution in [3.05, 3.63) is 64.7 Å². The summed E-state index contributed by atoms with van der Waals surface area (Å²) in [4.78, 5) is 13.5. The van der Waals surface area contributed by atoms with E-state index >= 15 is 0 Å². The molecule has 0 radical (unpaired) electrons. The summed E-state index contributed by atoms with van der Waals surface area (Å²) in [6.07, 6.45) is 2.44. The molecule has 1 aromatic carbocycles. The number of halogens is 1. The van der Waals surface area contributed by atoms with E-state index in [1.807, 2.05) is 24.3 Å². The van der Waals surface area contributed by atoms with Gasteiger partial charge in [0.05, 0.1) is 18.4 Å². The summed E-state index contributed by atoms with van der Waals surface area (Å²) in [5, 5.41) is 0.739. The maximum Gasteiger partial charge on any atom is 0.138 e. The van der Waals surface area contributed by atoms with Gasteiger partial charge < -0.3 is 20.3 Å². The van der Waals surface area contributed by atoms with Crippen molar-refractivity contribution < 1.29 is 4.74 Å². The summed E-state index contributed by atoms with van der Waals surface area (Å²) >= 11 is 5.96. The molecule has 2 atom stereocenters. The third-order valence-corrected chi connectivity index (χ3v) is 5.86. The van der Waals surface area contributed by atoms with Gasteiger partial charge in [-0.3, -0.25) is 0 Å². The second-order valence-corrected chi connectivity index (χ2v) is 7.85. The minimum absolute atomic E-state index is 0.0481. The van der Waals surface area contributed by atoms with E-state index in [2.05, 4.69) is 33.3 Å². The Morgan fingerprint density at radius 2 is 1.96 bits per heavy atom. The third kappa shape index (κ3) is 3.85. The molecule has 2 aliphatic rings. The zero-order valence-corrected chi connectivity index (χ0v) is 16.9. The molecule has 28 heavy (non-hydrogen) atoms. The van der Waals surface area contributed by atoms with Crippen molar-refractivity contribution >= 4 is 17.4 Å². The highest BCUT2D eigenvalue weighted by Gasteiger charge is 2.29. The Balaban J connectivity index is 1.37. The van der Waals surface area contributed by atoms with Crippen LogP contribution in [0.1, 0.15) is 29.8 Å². The van der Waals surface area contributed by atoms with Crippen molar-refractivity contribution in [2.24, 2.45) is 5.73 Å². The predicted octanol–water partition coefficient (Wildman–Crippen LogP) is 2.93. The lowest BCUT2D eigenvalue weighted by molar-refractivity contribution is 0.0787. The normalized spacial score (nSPS) is 20.2. The monoisotopic (exact) mass is 399 g/mol. The van der Waals surface area contributed by atoms with E-state index in [9.17, 15) is 0 Å². The van der Waals surface area contributed by atoms with Crippen LogP contribution in [-0.4, -0.2) is 47.1 Å². The van der Waals surface area contributed by atoms with Gasteiger partial charge in [0.2, 0.25) is 0 Å². The van der Waals surface area contributed by atoms with Gasteiger partial charge in [-0.05, 0) is 31.0 Å². The predicted molar refractivity (Wildman–Crippen MR) is 111 cm³/mol. The molecule has 0 amide bonds. The average Bonchev–Trinajstić information content (AvgIpc) is 3.10. The van der Waals surface area contributed by atoms with Crippen LogP contribution in [0.3, 0.4) is 0 Å². The highest BCUT2D eigenvalue weighted by atomic mass is 35.5. The van der Waals surface area contributed by atoms with Crippen LogP contribution in [0.4, 0.5) is 5.82 Å². The fourth-order valence-electron chi connectivity index (χ4n) is 3.92. The number of benzene rings is 1. The molecule has 2 aromatic rings. The van der Waals surface area contributed by atoms with Crippen LogP contribution in [-0.2, 0) is 17.8 Å². The summed E-state index contributed by atoms with van der Waals surface area (Å²) in [7, 11) is 0. The molecule has 1 aromatic heterocycles. The quantitative estimate of drug-likeness (QED) is 0.833. The van der Waals surface area contributed by atoms with Crippen molar-refractivity contribution in [3.8, 4) is 0 Å². The number of hydrogen-bond acceptors (Lipinski definition) is 6. The van der Waals surface area contributed by atoms with E-state index < -0.39 is 0 Å². The van der Waals surface area contributed by atoms with Crippen LogP contribution < -0.4 is 10.6 Å². The Morgan fingerprint density at radius 3 is 2.68 bits per heavy atom. The van der Waals surface area contributed by atoms with Gasteiger partial charge in [0.15, 0.2) is 0 Å². The Bertz CT molecular complexity index is 848. The Hall–Kier alpha value is -2.15. The SMILES string of the molecule is C=C([C@@H](N)Cc1ccc(Cl)cc1)N1CCN(c2ncnc3c2C(C)OC3)CC1. The highest BCUT2D eigenvalue weighted by molar-refractivity contribution is 6.30. The largest absolute Gasteiger partial charge is 0.370 e. The molecule has 7 heteroatoms. The van der Waals surface area contributed by atoms with Crippen LogP contribution in [0.15, 0.2) is 42.9 Å². The summed E-state index contributed by atoms with van der Waals surface area (Å²) < 4.78 is 5.73. The smallest absolute Gasteiger partial charge is 0.138 e. The summed E-state index contributed by atoms with van der Waals surface area (Å²) in [5.74, 6) is 1.01. The molecule has 1 saturated heterocycles. The first kappa shape index (κ1) is 19.2. The average molecular weight is 400 g/mol. The van der Waals surface area contributed by atoms with E-state index in [1.54, 1.807) is 6.33 Å². The van der Waals surface area contributed by atoms with Gasteiger partial charge in [-0.2, -0.15) is 0 Å². The Morgan fingerprint density at radius 1 is 1.25 bits per heavy atom. The van der Waals surface area contributed by atoms with E-state index in [-0.39, 0.29) is 12.1 Å². The van der Waals surface area contributed by atoms with Gasteiger partial charge in [-0.25, -0.2) is 9.97 Å². The van der Waals surface area contributed by atoms with E-state index in [0.717, 1.165) is 60.4 Å². The van der Waals surface area contributed by atoms with E-state index in [1.165, 1.54) is 5.56 Å². The van der Waals surface area contributed by atoms with Crippen LogP contribution >= 0.6 is 11.6 Å². The lowest BCUT2D eigenvalue weighted by Gasteiger charge is -2.39.